The van der Waals surface area contributed by atoms with Gasteiger partial charge in [0.05, 0.1) is 5.69 Å². The van der Waals surface area contributed by atoms with Crippen LogP contribution in [0.1, 0.15) is 57.5 Å². The number of rotatable bonds is 1. The second-order valence-corrected chi connectivity index (χ2v) is 7.52. The lowest BCUT2D eigenvalue weighted by Crippen LogP contribution is -2.33. The van der Waals surface area contributed by atoms with Crippen LogP contribution in [0.25, 0.3) is 11.3 Å². The van der Waals surface area contributed by atoms with Crippen molar-refractivity contribution in [3.8, 4) is 11.3 Å². The topological polar surface area (TPSA) is 25.8 Å². The molecule has 1 aliphatic rings. The van der Waals surface area contributed by atoms with Gasteiger partial charge in [-0.2, -0.15) is 0 Å². The number of fused-ring (bicyclic) bond motifs is 1. The smallest absolute Gasteiger partial charge is 0.125 e. The van der Waals surface area contributed by atoms with Crippen molar-refractivity contribution in [3.05, 3.63) is 47.4 Å². The molecule has 2 aromatic rings. The molecule has 0 saturated heterocycles. The highest BCUT2D eigenvalue weighted by atomic mass is 14.9. The Bertz CT molecular complexity index is 684. The highest BCUT2D eigenvalue weighted by Gasteiger charge is 2.36. The Balaban J connectivity index is 2.16. The molecule has 2 nitrogen and oxygen atoms in total. The van der Waals surface area contributed by atoms with Crippen LogP contribution in [0.3, 0.4) is 0 Å². The summed E-state index contributed by atoms with van der Waals surface area (Å²) in [6, 6.07) is 8.86. The molecule has 0 N–H and O–H groups in total. The summed E-state index contributed by atoms with van der Waals surface area (Å²) in [6.45, 7) is 11.4. The van der Waals surface area contributed by atoms with Crippen LogP contribution in [-0.2, 0) is 10.8 Å². The van der Waals surface area contributed by atoms with Gasteiger partial charge in [-0.25, -0.2) is 9.97 Å². The molecule has 0 fully saturated rings. The van der Waals surface area contributed by atoms with Gasteiger partial charge in [0, 0.05) is 11.8 Å². The molecular weight excluding hydrogens is 256 g/mol. The Morgan fingerprint density at radius 2 is 1.57 bits per heavy atom. The molecule has 110 valence electrons. The van der Waals surface area contributed by atoms with Gasteiger partial charge < -0.3 is 0 Å². The van der Waals surface area contributed by atoms with Crippen molar-refractivity contribution in [2.75, 3.05) is 0 Å². The molecule has 21 heavy (non-hydrogen) atoms. The van der Waals surface area contributed by atoms with Crippen molar-refractivity contribution < 1.29 is 0 Å². The van der Waals surface area contributed by atoms with Crippen molar-refractivity contribution in [3.63, 3.8) is 0 Å². The summed E-state index contributed by atoms with van der Waals surface area (Å²) in [5.41, 5.74) is 5.70. The molecule has 1 aromatic carbocycles. The molecule has 0 atom stereocenters. The van der Waals surface area contributed by atoms with E-state index in [0.29, 0.717) is 0 Å². The summed E-state index contributed by atoms with van der Waals surface area (Å²) in [5, 5.41) is 0. The summed E-state index contributed by atoms with van der Waals surface area (Å²) in [4.78, 5) is 8.76. The van der Waals surface area contributed by atoms with E-state index < -0.39 is 0 Å². The van der Waals surface area contributed by atoms with E-state index in [9.17, 15) is 0 Å². The first kappa shape index (κ1) is 14.2. The zero-order valence-corrected chi connectivity index (χ0v) is 13.7. The normalized spacial score (nSPS) is 19.1. The van der Waals surface area contributed by atoms with E-state index >= 15 is 0 Å². The Kier molecular flexibility index (Phi) is 3.16. The molecule has 1 aliphatic carbocycles. The molecule has 0 aliphatic heterocycles. The van der Waals surface area contributed by atoms with Crippen LogP contribution in [-0.4, -0.2) is 9.97 Å². The van der Waals surface area contributed by atoms with Crippen LogP contribution >= 0.6 is 0 Å². The van der Waals surface area contributed by atoms with Crippen molar-refractivity contribution in [1.29, 1.82) is 0 Å². The van der Waals surface area contributed by atoms with E-state index in [2.05, 4.69) is 55.9 Å². The zero-order chi connectivity index (χ0) is 15.3. The van der Waals surface area contributed by atoms with Crippen molar-refractivity contribution in [2.45, 2.75) is 58.3 Å². The second kappa shape index (κ2) is 4.66. The summed E-state index contributed by atoms with van der Waals surface area (Å²) >= 11 is 0. The quantitative estimate of drug-likeness (QED) is 0.749. The van der Waals surface area contributed by atoms with E-state index in [1.54, 1.807) is 0 Å². The van der Waals surface area contributed by atoms with Crippen molar-refractivity contribution in [1.82, 2.24) is 9.97 Å². The monoisotopic (exact) mass is 280 g/mol. The molecule has 0 bridgehead atoms. The largest absolute Gasteiger partial charge is 0.242 e. The van der Waals surface area contributed by atoms with Crippen molar-refractivity contribution in [2.24, 2.45) is 0 Å². The number of nitrogens with zero attached hydrogens (tertiary/aromatic N) is 2. The molecule has 1 heterocycles. The number of hydrogen-bond donors (Lipinski definition) is 0. The lowest BCUT2D eigenvalue weighted by Gasteiger charge is -2.42. The number of hydrogen-bond acceptors (Lipinski definition) is 2. The first-order valence-electron chi connectivity index (χ1n) is 7.75. The Morgan fingerprint density at radius 1 is 0.905 bits per heavy atom. The third-order valence-corrected chi connectivity index (χ3v) is 4.92. The first-order chi connectivity index (χ1) is 9.79. The molecule has 3 rings (SSSR count). The van der Waals surface area contributed by atoms with Crippen LogP contribution < -0.4 is 0 Å². The molecule has 2 heteroatoms. The average Bonchev–Trinajstić information content (AvgIpc) is 2.44. The van der Waals surface area contributed by atoms with Crippen molar-refractivity contribution >= 4 is 0 Å². The average molecular weight is 280 g/mol. The Labute approximate surface area is 127 Å². The van der Waals surface area contributed by atoms with Gasteiger partial charge in [-0.3, -0.25) is 0 Å². The van der Waals surface area contributed by atoms with E-state index in [1.807, 2.05) is 19.2 Å². The van der Waals surface area contributed by atoms with Crippen LogP contribution in [0.2, 0.25) is 0 Å². The minimum Gasteiger partial charge on any atom is -0.242 e. The third kappa shape index (κ3) is 2.48. The molecular formula is C19H24N2. The van der Waals surface area contributed by atoms with E-state index in [4.69, 9.17) is 0 Å². The van der Waals surface area contributed by atoms with E-state index in [0.717, 1.165) is 11.5 Å². The van der Waals surface area contributed by atoms with Gasteiger partial charge in [-0.15, -0.1) is 0 Å². The minimum atomic E-state index is 0.239. The fraction of sp³-hybridized carbons (Fsp3) is 0.474. The van der Waals surface area contributed by atoms with Gasteiger partial charge in [-0.05, 0) is 53.9 Å². The van der Waals surface area contributed by atoms with Crippen LogP contribution in [0.4, 0.5) is 0 Å². The summed E-state index contributed by atoms with van der Waals surface area (Å²) in [5.74, 6) is 0.824. The van der Waals surface area contributed by atoms with Crippen LogP contribution in [0.15, 0.2) is 30.5 Å². The fourth-order valence-electron chi connectivity index (χ4n) is 3.36. The van der Waals surface area contributed by atoms with Crippen LogP contribution in [0.5, 0.6) is 0 Å². The lowest BCUT2D eigenvalue weighted by atomic mass is 9.63. The third-order valence-electron chi connectivity index (χ3n) is 4.92. The second-order valence-electron chi connectivity index (χ2n) is 7.52. The fourth-order valence-corrected chi connectivity index (χ4v) is 3.36. The molecule has 1 aromatic heterocycles. The van der Waals surface area contributed by atoms with Gasteiger partial charge in [0.25, 0.3) is 0 Å². The van der Waals surface area contributed by atoms with Crippen LogP contribution in [0, 0.1) is 6.92 Å². The minimum absolute atomic E-state index is 0.239. The van der Waals surface area contributed by atoms with Gasteiger partial charge in [0.15, 0.2) is 0 Å². The predicted molar refractivity (Wildman–Crippen MR) is 87.5 cm³/mol. The number of aromatic nitrogens is 2. The highest BCUT2D eigenvalue weighted by molar-refractivity contribution is 5.62. The maximum Gasteiger partial charge on any atom is 0.125 e. The molecule has 0 unspecified atom stereocenters. The lowest BCUT2D eigenvalue weighted by molar-refractivity contribution is 0.332. The summed E-state index contributed by atoms with van der Waals surface area (Å²) < 4.78 is 0. The SMILES string of the molecule is Cc1nccc(-c2ccc3c(c2)C(C)(C)CCC3(C)C)n1. The highest BCUT2D eigenvalue weighted by Crippen LogP contribution is 2.46. The van der Waals surface area contributed by atoms with Gasteiger partial charge in [0.1, 0.15) is 5.82 Å². The van der Waals surface area contributed by atoms with Gasteiger partial charge >= 0.3 is 0 Å². The Hall–Kier alpha value is -1.70. The standard InChI is InChI=1S/C19H24N2/c1-13-20-11-8-17(21-13)14-6-7-15-16(12-14)19(4,5)10-9-18(15,2)3/h6-8,11-12H,9-10H2,1-5H3. The maximum atomic E-state index is 4.57. The number of aryl methyl sites for hydroxylation is 1. The van der Waals surface area contributed by atoms with Gasteiger partial charge in [0.2, 0.25) is 0 Å². The molecule has 0 spiro atoms. The molecule has 0 radical (unpaired) electrons. The molecule has 0 amide bonds. The zero-order valence-electron chi connectivity index (χ0n) is 13.7. The van der Waals surface area contributed by atoms with Gasteiger partial charge in [-0.1, -0.05) is 39.8 Å². The van der Waals surface area contributed by atoms with E-state index in [-0.39, 0.29) is 10.8 Å². The first-order valence-corrected chi connectivity index (χ1v) is 7.75. The number of benzene rings is 1. The van der Waals surface area contributed by atoms with E-state index in [1.165, 1.54) is 29.5 Å². The summed E-state index contributed by atoms with van der Waals surface area (Å²) in [6.07, 6.45) is 4.32. The summed E-state index contributed by atoms with van der Waals surface area (Å²) in [7, 11) is 0. The predicted octanol–water partition coefficient (Wildman–Crippen LogP) is 4.80. The maximum absolute atomic E-state index is 4.57. The molecule has 0 saturated carbocycles. The Morgan fingerprint density at radius 3 is 2.24 bits per heavy atom.